The summed E-state index contributed by atoms with van der Waals surface area (Å²) in [5.74, 6) is -0.0533. The Balaban J connectivity index is 3.39. The summed E-state index contributed by atoms with van der Waals surface area (Å²) in [4.78, 5) is 24.6. The van der Waals surface area contributed by atoms with Crippen molar-refractivity contribution in [3.63, 3.8) is 0 Å². The lowest BCUT2D eigenvalue weighted by Gasteiger charge is -2.20. The molecule has 0 aromatic heterocycles. The summed E-state index contributed by atoms with van der Waals surface area (Å²) in [6.07, 6.45) is 97.9. The Morgan fingerprint density at radius 3 is 0.906 bits per heavy atom. The fraction of sp³-hybridized carbons (Fsp3) is 0.873. The summed E-state index contributed by atoms with van der Waals surface area (Å²) in [5, 5.41) is 23.2. The Bertz CT molecular complexity index is 1420. The molecule has 0 rings (SSSR count). The number of ether oxygens (including phenoxy) is 1. The average molecular weight is 1190 g/mol. The van der Waals surface area contributed by atoms with Gasteiger partial charge in [0.1, 0.15) is 0 Å². The van der Waals surface area contributed by atoms with E-state index in [1.807, 2.05) is 6.08 Å². The van der Waals surface area contributed by atoms with E-state index in [1.54, 1.807) is 6.08 Å². The van der Waals surface area contributed by atoms with Crippen LogP contribution < -0.4 is 5.32 Å². The molecule has 6 nitrogen and oxygen atoms in total. The largest absolute Gasteiger partial charge is 0.466 e. The van der Waals surface area contributed by atoms with Crippen LogP contribution in [-0.4, -0.2) is 47.4 Å². The number of amides is 1. The highest BCUT2D eigenvalue weighted by Gasteiger charge is 2.18. The Morgan fingerprint density at radius 1 is 0.329 bits per heavy atom. The van der Waals surface area contributed by atoms with Crippen LogP contribution in [0.4, 0.5) is 0 Å². The van der Waals surface area contributed by atoms with E-state index >= 15 is 0 Å². The van der Waals surface area contributed by atoms with Crippen molar-refractivity contribution in [3.8, 4) is 0 Å². The Hall–Kier alpha value is -2.18. The molecule has 0 radical (unpaired) electrons. The zero-order chi connectivity index (χ0) is 61.3. The number of nitrogens with one attached hydrogen (secondary N) is 1. The average Bonchev–Trinajstić information content (AvgIpc) is 3.50. The lowest BCUT2D eigenvalue weighted by atomic mass is 10.0. The SMILES string of the molecule is CCCCCCCCC/C=C\CCCCCCCC(=O)OCCCCCCCCCCCCC/C=C\C/C=C\CCCCCCCCCCCCCCCCCCCC(=O)NC(CO)C(O)/C=C/CCCCCCCCCCCCCCCCC. The molecule has 0 aliphatic carbocycles. The van der Waals surface area contributed by atoms with Crippen LogP contribution in [0.3, 0.4) is 0 Å². The summed E-state index contributed by atoms with van der Waals surface area (Å²) >= 11 is 0. The van der Waals surface area contributed by atoms with Crippen LogP contribution >= 0.6 is 0 Å². The van der Waals surface area contributed by atoms with Crippen molar-refractivity contribution in [3.05, 3.63) is 48.6 Å². The van der Waals surface area contributed by atoms with Gasteiger partial charge < -0.3 is 20.3 Å². The van der Waals surface area contributed by atoms with Gasteiger partial charge in [0.2, 0.25) is 5.91 Å². The van der Waals surface area contributed by atoms with E-state index in [1.165, 1.54) is 340 Å². The smallest absolute Gasteiger partial charge is 0.305 e. The summed E-state index contributed by atoms with van der Waals surface area (Å²) in [5.41, 5.74) is 0. The maximum Gasteiger partial charge on any atom is 0.305 e. The lowest BCUT2D eigenvalue weighted by Crippen LogP contribution is -2.45. The zero-order valence-electron chi connectivity index (χ0n) is 57.4. The monoisotopic (exact) mass is 1190 g/mol. The molecule has 2 unspecified atom stereocenters. The van der Waals surface area contributed by atoms with Crippen LogP contribution in [0.25, 0.3) is 0 Å². The standard InChI is InChI=1S/C79H149NO5/c1-3-5-7-9-11-13-15-17-19-40-43-47-51-55-59-63-67-71-77(82)76(75-81)80-78(83)72-68-64-60-56-52-48-44-41-38-36-34-32-30-28-26-24-22-21-23-25-27-29-31-33-35-37-39-42-46-50-54-58-62-66-70-74-85-79(84)73-69-65-61-57-53-49-45-20-18-16-14-12-10-8-6-4-2/h20,23,25,29,31,45,67,71,76-77,81-82H,3-19,21-22,24,26-28,30,32-44,46-66,68-70,72-75H2,1-2H3,(H,80,83)/b25-23-,31-29-,45-20-,71-67+. The van der Waals surface area contributed by atoms with E-state index in [-0.39, 0.29) is 18.5 Å². The quantitative estimate of drug-likeness (QED) is 0.0320. The highest BCUT2D eigenvalue weighted by molar-refractivity contribution is 5.76. The van der Waals surface area contributed by atoms with Gasteiger partial charge in [-0.3, -0.25) is 9.59 Å². The third-order valence-electron chi connectivity index (χ3n) is 17.8. The van der Waals surface area contributed by atoms with Crippen LogP contribution in [0, 0.1) is 0 Å². The van der Waals surface area contributed by atoms with E-state index in [9.17, 15) is 19.8 Å². The van der Waals surface area contributed by atoms with Crippen molar-refractivity contribution >= 4 is 11.9 Å². The summed E-state index contributed by atoms with van der Waals surface area (Å²) in [6.45, 7) is 4.93. The first kappa shape index (κ1) is 82.8. The summed E-state index contributed by atoms with van der Waals surface area (Å²) < 4.78 is 5.50. The first-order chi connectivity index (χ1) is 42.0. The van der Waals surface area contributed by atoms with Gasteiger partial charge in [-0.25, -0.2) is 0 Å². The number of carbonyl (C=O) groups is 2. The molecule has 2 atom stereocenters. The molecule has 0 fully saturated rings. The number of aliphatic hydroxyl groups excluding tert-OH is 2. The van der Waals surface area contributed by atoms with Crippen LogP contribution in [0.1, 0.15) is 418 Å². The van der Waals surface area contributed by atoms with Gasteiger partial charge in [-0.2, -0.15) is 0 Å². The number of hydrogen-bond acceptors (Lipinski definition) is 5. The van der Waals surface area contributed by atoms with E-state index in [2.05, 4.69) is 55.6 Å². The van der Waals surface area contributed by atoms with E-state index < -0.39 is 12.1 Å². The lowest BCUT2D eigenvalue weighted by molar-refractivity contribution is -0.143. The first-order valence-electron chi connectivity index (χ1n) is 38.4. The van der Waals surface area contributed by atoms with Crippen LogP contribution in [0.5, 0.6) is 0 Å². The van der Waals surface area contributed by atoms with E-state index in [4.69, 9.17) is 4.74 Å². The predicted molar refractivity (Wildman–Crippen MR) is 375 cm³/mol. The van der Waals surface area contributed by atoms with Gasteiger partial charge in [0.25, 0.3) is 0 Å². The Morgan fingerprint density at radius 2 is 0.588 bits per heavy atom. The van der Waals surface area contributed by atoms with E-state index in [0.717, 1.165) is 51.4 Å². The molecule has 85 heavy (non-hydrogen) atoms. The van der Waals surface area contributed by atoms with Crippen molar-refractivity contribution in [2.75, 3.05) is 13.2 Å². The van der Waals surface area contributed by atoms with Gasteiger partial charge in [0.05, 0.1) is 25.4 Å². The molecular formula is C79H149NO5. The van der Waals surface area contributed by atoms with Crippen LogP contribution in [-0.2, 0) is 14.3 Å². The molecule has 6 heteroatoms. The zero-order valence-corrected chi connectivity index (χ0v) is 57.4. The topological polar surface area (TPSA) is 95.9 Å². The molecule has 3 N–H and O–H groups in total. The second-order valence-electron chi connectivity index (χ2n) is 26.3. The molecule has 0 spiro atoms. The minimum absolute atomic E-state index is 0.00951. The number of carbonyl (C=O) groups excluding carboxylic acids is 2. The molecule has 0 aromatic carbocycles. The van der Waals surface area contributed by atoms with Crippen LogP contribution in [0.15, 0.2) is 48.6 Å². The minimum Gasteiger partial charge on any atom is -0.466 e. The second kappa shape index (κ2) is 74.3. The fourth-order valence-electron chi connectivity index (χ4n) is 12.0. The van der Waals surface area contributed by atoms with Crippen molar-refractivity contribution in [1.29, 1.82) is 0 Å². The predicted octanol–water partition coefficient (Wildman–Crippen LogP) is 25.2. The molecule has 0 saturated heterocycles. The van der Waals surface area contributed by atoms with Gasteiger partial charge in [-0.15, -0.1) is 0 Å². The maximum atomic E-state index is 12.5. The number of unbranched alkanes of at least 4 members (excludes halogenated alkanes) is 55. The normalized spacial score (nSPS) is 12.8. The molecule has 0 bridgehead atoms. The summed E-state index contributed by atoms with van der Waals surface area (Å²) in [7, 11) is 0. The molecular weight excluding hydrogens is 1040 g/mol. The number of rotatable bonds is 72. The van der Waals surface area contributed by atoms with Gasteiger partial charge in [-0.1, -0.05) is 364 Å². The summed E-state index contributed by atoms with van der Waals surface area (Å²) in [6, 6.07) is -0.627. The van der Waals surface area contributed by atoms with Crippen LogP contribution in [0.2, 0.25) is 0 Å². The van der Waals surface area contributed by atoms with E-state index in [0.29, 0.717) is 19.4 Å². The molecule has 1 amide bonds. The Kier molecular flexibility index (Phi) is 72.4. The minimum atomic E-state index is -0.844. The van der Waals surface area contributed by atoms with Crippen molar-refractivity contribution in [2.45, 2.75) is 431 Å². The third kappa shape index (κ3) is 70.8. The fourth-order valence-corrected chi connectivity index (χ4v) is 12.0. The molecule has 0 heterocycles. The second-order valence-corrected chi connectivity index (χ2v) is 26.3. The van der Waals surface area contributed by atoms with Gasteiger partial charge >= 0.3 is 5.97 Å². The molecule has 0 saturated carbocycles. The first-order valence-corrected chi connectivity index (χ1v) is 38.4. The van der Waals surface area contributed by atoms with Gasteiger partial charge in [0.15, 0.2) is 0 Å². The van der Waals surface area contributed by atoms with Crippen molar-refractivity contribution < 1.29 is 24.5 Å². The molecule has 0 aliphatic rings. The highest BCUT2D eigenvalue weighted by Crippen LogP contribution is 2.19. The Labute approximate surface area is 531 Å². The maximum absolute atomic E-state index is 12.5. The third-order valence-corrected chi connectivity index (χ3v) is 17.8. The number of allylic oxidation sites excluding steroid dienone is 7. The van der Waals surface area contributed by atoms with Crippen molar-refractivity contribution in [2.24, 2.45) is 0 Å². The highest BCUT2D eigenvalue weighted by atomic mass is 16.5. The van der Waals surface area contributed by atoms with Gasteiger partial charge in [0, 0.05) is 12.8 Å². The molecule has 0 aromatic rings. The molecule has 0 aliphatic heterocycles. The number of aliphatic hydroxyl groups is 2. The molecule has 500 valence electrons. The number of esters is 1. The van der Waals surface area contributed by atoms with Gasteiger partial charge in [-0.05, 0) is 89.9 Å². The van der Waals surface area contributed by atoms with Crippen molar-refractivity contribution in [1.82, 2.24) is 5.32 Å². The number of hydrogen-bond donors (Lipinski definition) is 3.